The van der Waals surface area contributed by atoms with Gasteiger partial charge < -0.3 is 19.2 Å². The molecule has 0 unspecified atom stereocenters. The number of pyridine rings is 1. The zero-order valence-corrected chi connectivity index (χ0v) is 20.7. The molecule has 2 fully saturated rings. The lowest BCUT2D eigenvalue weighted by Gasteiger charge is -2.39. The fourth-order valence-corrected chi connectivity index (χ4v) is 5.27. The van der Waals surface area contributed by atoms with Gasteiger partial charge in [-0.2, -0.15) is 4.98 Å². The average Bonchev–Trinajstić information content (AvgIpc) is 3.48. The Balaban J connectivity index is 1.08. The number of anilines is 2. The van der Waals surface area contributed by atoms with Gasteiger partial charge in [-0.25, -0.2) is 4.98 Å². The number of piperidine rings is 1. The van der Waals surface area contributed by atoms with E-state index in [-0.39, 0.29) is 11.8 Å². The van der Waals surface area contributed by atoms with Gasteiger partial charge in [0.1, 0.15) is 5.82 Å². The second-order valence-corrected chi connectivity index (χ2v) is 9.57. The molecule has 0 atom stereocenters. The van der Waals surface area contributed by atoms with Crippen LogP contribution in [0.1, 0.15) is 12.8 Å². The minimum Gasteiger partial charge on any atom is -0.368 e. The summed E-state index contributed by atoms with van der Waals surface area (Å²) in [4.78, 5) is 29.2. The van der Waals surface area contributed by atoms with Crippen molar-refractivity contribution in [2.45, 2.75) is 12.8 Å². The minimum atomic E-state index is 0.0553. The fourth-order valence-electron chi connectivity index (χ4n) is 5.27. The summed E-state index contributed by atoms with van der Waals surface area (Å²) in [6.07, 6.45) is 3.41. The number of para-hydroxylation sites is 1. The molecule has 2 aromatic carbocycles. The number of hydrogen-bond donors (Lipinski definition) is 0. The summed E-state index contributed by atoms with van der Waals surface area (Å²) < 4.78 is 5.62. The van der Waals surface area contributed by atoms with Gasteiger partial charge in [-0.05, 0) is 37.1 Å². The van der Waals surface area contributed by atoms with Crippen molar-refractivity contribution in [1.29, 1.82) is 0 Å². The molecule has 0 spiro atoms. The molecular weight excluding hydrogens is 464 g/mol. The summed E-state index contributed by atoms with van der Waals surface area (Å²) in [6, 6.07) is 24.1. The first-order chi connectivity index (χ1) is 18.3. The fraction of sp³-hybridized carbons (Fsp3) is 0.310. The topological polar surface area (TPSA) is 78.6 Å². The van der Waals surface area contributed by atoms with Gasteiger partial charge in [0.05, 0.1) is 5.56 Å². The normalized spacial score (nSPS) is 16.7. The van der Waals surface area contributed by atoms with E-state index < -0.39 is 0 Å². The van der Waals surface area contributed by atoms with E-state index in [0.717, 1.165) is 69.1 Å². The molecule has 4 heterocycles. The Hall–Kier alpha value is -4.20. The van der Waals surface area contributed by atoms with Crippen LogP contribution in [-0.4, -0.2) is 65.2 Å². The van der Waals surface area contributed by atoms with Crippen molar-refractivity contribution in [2.75, 3.05) is 49.1 Å². The molecular formula is C29H30N6O2. The summed E-state index contributed by atoms with van der Waals surface area (Å²) in [5.74, 6) is 2.18. The Morgan fingerprint density at radius 3 is 2.22 bits per heavy atom. The summed E-state index contributed by atoms with van der Waals surface area (Å²) in [7, 11) is 0. The highest BCUT2D eigenvalue weighted by Crippen LogP contribution is 2.32. The first kappa shape index (κ1) is 23.2. The molecule has 0 saturated carbocycles. The number of rotatable bonds is 5. The molecule has 2 aliphatic rings. The van der Waals surface area contributed by atoms with Crippen LogP contribution in [-0.2, 0) is 4.79 Å². The highest BCUT2D eigenvalue weighted by atomic mass is 16.5. The number of hydrogen-bond acceptors (Lipinski definition) is 7. The first-order valence-electron chi connectivity index (χ1n) is 12.9. The van der Waals surface area contributed by atoms with Crippen molar-refractivity contribution in [3.05, 3.63) is 79.0 Å². The van der Waals surface area contributed by atoms with Crippen LogP contribution >= 0.6 is 0 Å². The zero-order chi connectivity index (χ0) is 25.0. The maximum Gasteiger partial charge on any atom is 0.261 e. The van der Waals surface area contributed by atoms with Gasteiger partial charge in [0.2, 0.25) is 11.7 Å². The van der Waals surface area contributed by atoms with Crippen molar-refractivity contribution in [1.82, 2.24) is 20.0 Å². The van der Waals surface area contributed by atoms with Gasteiger partial charge in [-0.1, -0.05) is 53.7 Å². The van der Waals surface area contributed by atoms with E-state index in [0.29, 0.717) is 11.7 Å². The summed E-state index contributed by atoms with van der Waals surface area (Å²) in [5.41, 5.74) is 2.96. The molecule has 8 nitrogen and oxygen atoms in total. The first-order valence-corrected chi connectivity index (χ1v) is 12.9. The Kier molecular flexibility index (Phi) is 6.54. The smallest absolute Gasteiger partial charge is 0.261 e. The van der Waals surface area contributed by atoms with Crippen LogP contribution in [0, 0.1) is 5.92 Å². The Morgan fingerprint density at radius 2 is 1.49 bits per heavy atom. The molecule has 188 valence electrons. The number of benzene rings is 2. The molecule has 0 aliphatic carbocycles. The lowest BCUT2D eigenvalue weighted by atomic mass is 9.94. The molecule has 1 amide bonds. The molecule has 37 heavy (non-hydrogen) atoms. The lowest BCUT2D eigenvalue weighted by Crippen LogP contribution is -2.51. The highest BCUT2D eigenvalue weighted by Gasteiger charge is 2.32. The third-order valence-electron chi connectivity index (χ3n) is 7.33. The number of piperazine rings is 1. The monoisotopic (exact) mass is 494 g/mol. The van der Waals surface area contributed by atoms with E-state index >= 15 is 0 Å². The summed E-state index contributed by atoms with van der Waals surface area (Å²) in [5, 5.41) is 4.17. The molecule has 2 aliphatic heterocycles. The van der Waals surface area contributed by atoms with Crippen LogP contribution in [0.2, 0.25) is 0 Å². The van der Waals surface area contributed by atoms with Crippen molar-refractivity contribution in [3.63, 3.8) is 0 Å². The number of carbonyl (C=O) groups is 1. The van der Waals surface area contributed by atoms with Crippen molar-refractivity contribution >= 4 is 17.4 Å². The van der Waals surface area contributed by atoms with E-state index in [1.165, 1.54) is 5.69 Å². The van der Waals surface area contributed by atoms with Crippen LogP contribution in [0.3, 0.4) is 0 Å². The Labute approximate surface area is 216 Å². The molecule has 8 heteroatoms. The zero-order valence-electron chi connectivity index (χ0n) is 20.7. The molecule has 6 rings (SSSR count). The minimum absolute atomic E-state index is 0.0553. The van der Waals surface area contributed by atoms with E-state index in [2.05, 4.69) is 54.1 Å². The van der Waals surface area contributed by atoms with Crippen LogP contribution in [0.15, 0.2) is 83.5 Å². The SMILES string of the molecule is O=C(C1CCN(c2ncccc2-c2nc(-c3ccccc3)no2)CC1)N1CCN(c2ccccc2)CC1. The molecule has 0 radical (unpaired) electrons. The summed E-state index contributed by atoms with van der Waals surface area (Å²) >= 11 is 0. The van der Waals surface area contributed by atoms with Gasteiger partial charge in [-0.3, -0.25) is 4.79 Å². The molecule has 0 N–H and O–H groups in total. The third-order valence-corrected chi connectivity index (χ3v) is 7.33. The number of carbonyl (C=O) groups excluding carboxylic acids is 1. The largest absolute Gasteiger partial charge is 0.368 e. The maximum atomic E-state index is 13.3. The second kappa shape index (κ2) is 10.4. The quantitative estimate of drug-likeness (QED) is 0.408. The van der Waals surface area contributed by atoms with Gasteiger partial charge in [0.25, 0.3) is 5.89 Å². The van der Waals surface area contributed by atoms with E-state index in [9.17, 15) is 4.79 Å². The average molecular weight is 495 g/mol. The Morgan fingerprint density at radius 1 is 0.784 bits per heavy atom. The molecule has 2 saturated heterocycles. The number of aromatic nitrogens is 3. The highest BCUT2D eigenvalue weighted by molar-refractivity contribution is 5.80. The number of amides is 1. The molecule has 4 aromatic rings. The van der Waals surface area contributed by atoms with Gasteiger partial charge >= 0.3 is 0 Å². The van der Waals surface area contributed by atoms with Gasteiger partial charge in [0, 0.05) is 62.6 Å². The van der Waals surface area contributed by atoms with Crippen LogP contribution in [0.25, 0.3) is 22.8 Å². The van der Waals surface area contributed by atoms with E-state index in [1.54, 1.807) is 6.20 Å². The standard InChI is InChI=1S/C29H30N6O2/c36-29(35-20-18-33(19-21-35)24-10-5-2-6-11-24)23-13-16-34(17-14-23)27-25(12-7-15-30-27)28-31-26(32-37-28)22-8-3-1-4-9-22/h1-12,15,23H,13-14,16-21H2. The van der Waals surface area contributed by atoms with Crippen molar-refractivity contribution < 1.29 is 9.32 Å². The number of nitrogens with zero attached hydrogens (tertiary/aromatic N) is 6. The predicted octanol–water partition coefficient (Wildman–Crippen LogP) is 4.36. The van der Waals surface area contributed by atoms with Gasteiger partial charge in [0.15, 0.2) is 0 Å². The van der Waals surface area contributed by atoms with Crippen molar-refractivity contribution in [3.8, 4) is 22.8 Å². The van der Waals surface area contributed by atoms with E-state index in [1.807, 2.05) is 48.5 Å². The van der Waals surface area contributed by atoms with E-state index in [4.69, 9.17) is 4.52 Å². The van der Waals surface area contributed by atoms with Crippen LogP contribution in [0.5, 0.6) is 0 Å². The predicted molar refractivity (Wildman–Crippen MR) is 143 cm³/mol. The van der Waals surface area contributed by atoms with Crippen LogP contribution in [0.4, 0.5) is 11.5 Å². The third kappa shape index (κ3) is 4.91. The molecule has 2 aromatic heterocycles. The lowest BCUT2D eigenvalue weighted by molar-refractivity contribution is -0.136. The Bertz CT molecular complexity index is 1330. The molecule has 0 bridgehead atoms. The van der Waals surface area contributed by atoms with Crippen LogP contribution < -0.4 is 9.80 Å². The summed E-state index contributed by atoms with van der Waals surface area (Å²) in [6.45, 7) is 4.84. The maximum absolute atomic E-state index is 13.3. The van der Waals surface area contributed by atoms with Crippen molar-refractivity contribution in [2.24, 2.45) is 5.92 Å². The van der Waals surface area contributed by atoms with Gasteiger partial charge in [-0.15, -0.1) is 0 Å². The second-order valence-electron chi connectivity index (χ2n) is 9.57.